The molecule has 0 saturated carbocycles. The number of rotatable bonds is 5. The summed E-state index contributed by atoms with van der Waals surface area (Å²) in [6.45, 7) is 11.0. The Balaban J connectivity index is 1.71. The lowest BCUT2D eigenvalue weighted by Gasteiger charge is -2.14. The third-order valence-electron chi connectivity index (χ3n) is 4.73. The number of aromatic nitrogens is 2. The molecule has 0 amide bonds. The van der Waals surface area contributed by atoms with Crippen LogP contribution in [-0.2, 0) is 6.54 Å². The summed E-state index contributed by atoms with van der Waals surface area (Å²) >= 11 is 0. The molecule has 3 rings (SSSR count). The Bertz CT molecular complexity index is 618. The van der Waals surface area contributed by atoms with Crippen molar-refractivity contribution in [3.63, 3.8) is 0 Å². The highest BCUT2D eigenvalue weighted by atomic mass is 15.3. The van der Waals surface area contributed by atoms with E-state index in [9.17, 15) is 0 Å². The van der Waals surface area contributed by atoms with Gasteiger partial charge < -0.3 is 10.2 Å². The minimum atomic E-state index is 0.610. The lowest BCUT2D eigenvalue weighted by molar-refractivity contribution is 0.345. The summed E-state index contributed by atoms with van der Waals surface area (Å²) in [5, 5.41) is 8.44. The fourth-order valence-electron chi connectivity index (χ4n) is 3.28. The van der Waals surface area contributed by atoms with Crippen molar-refractivity contribution in [3.05, 3.63) is 47.3 Å². The molecule has 0 aliphatic carbocycles. The first kappa shape index (κ1) is 15.3. The van der Waals surface area contributed by atoms with E-state index in [1.165, 1.54) is 30.8 Å². The summed E-state index contributed by atoms with van der Waals surface area (Å²) < 4.78 is 2.05. The van der Waals surface area contributed by atoms with Crippen molar-refractivity contribution in [1.82, 2.24) is 20.0 Å². The second-order valence-corrected chi connectivity index (χ2v) is 6.16. The van der Waals surface area contributed by atoms with Crippen molar-refractivity contribution < 1.29 is 0 Å². The predicted molar refractivity (Wildman–Crippen MR) is 90.4 cm³/mol. The number of para-hydroxylation sites is 1. The minimum Gasteiger partial charge on any atom is -0.308 e. The molecule has 0 bridgehead atoms. The topological polar surface area (TPSA) is 33.1 Å². The number of hydrogen-bond acceptors (Lipinski definition) is 3. The van der Waals surface area contributed by atoms with Gasteiger partial charge in [-0.15, -0.1) is 0 Å². The van der Waals surface area contributed by atoms with Gasteiger partial charge in [0.25, 0.3) is 0 Å². The van der Waals surface area contributed by atoms with Crippen molar-refractivity contribution in [2.24, 2.45) is 0 Å². The van der Waals surface area contributed by atoms with Gasteiger partial charge >= 0.3 is 0 Å². The molecule has 2 heterocycles. The fraction of sp³-hybridized carbons (Fsp3) is 0.500. The Morgan fingerprint density at radius 2 is 2.00 bits per heavy atom. The minimum absolute atomic E-state index is 0.610. The molecule has 1 unspecified atom stereocenters. The zero-order chi connectivity index (χ0) is 15.5. The largest absolute Gasteiger partial charge is 0.308 e. The smallest absolute Gasteiger partial charge is 0.0648 e. The first-order valence-corrected chi connectivity index (χ1v) is 8.25. The van der Waals surface area contributed by atoms with Crippen LogP contribution in [0.2, 0.25) is 0 Å². The van der Waals surface area contributed by atoms with Gasteiger partial charge in [-0.25, -0.2) is 4.68 Å². The highest BCUT2D eigenvalue weighted by Crippen LogP contribution is 2.18. The molecular formula is C18H26N4. The second-order valence-electron chi connectivity index (χ2n) is 6.16. The molecule has 1 aromatic heterocycles. The van der Waals surface area contributed by atoms with E-state index in [1.54, 1.807) is 0 Å². The maximum absolute atomic E-state index is 4.72. The average Bonchev–Trinajstić information content (AvgIpc) is 3.11. The van der Waals surface area contributed by atoms with Gasteiger partial charge in [-0.1, -0.05) is 25.1 Å². The van der Waals surface area contributed by atoms with E-state index in [0.717, 1.165) is 24.5 Å². The molecule has 1 aliphatic heterocycles. The molecule has 0 spiro atoms. The first-order valence-electron chi connectivity index (χ1n) is 8.25. The van der Waals surface area contributed by atoms with E-state index in [1.807, 2.05) is 6.07 Å². The average molecular weight is 298 g/mol. The van der Waals surface area contributed by atoms with Crippen LogP contribution in [0.15, 0.2) is 30.3 Å². The molecule has 1 N–H and O–H groups in total. The highest BCUT2D eigenvalue weighted by Gasteiger charge is 2.21. The summed E-state index contributed by atoms with van der Waals surface area (Å²) in [6.07, 6.45) is 1.25. The van der Waals surface area contributed by atoms with Gasteiger partial charge in [0, 0.05) is 30.4 Å². The van der Waals surface area contributed by atoms with Gasteiger partial charge in [0.15, 0.2) is 0 Å². The molecule has 2 aromatic rings. The van der Waals surface area contributed by atoms with Crippen molar-refractivity contribution in [2.45, 2.75) is 39.8 Å². The zero-order valence-corrected chi connectivity index (χ0v) is 13.8. The van der Waals surface area contributed by atoms with Crippen LogP contribution in [0.1, 0.15) is 30.3 Å². The van der Waals surface area contributed by atoms with Crippen LogP contribution in [0, 0.1) is 13.8 Å². The standard InChI is InChI=1S/C18H26N4/c1-4-21-11-10-16(13-21)19-12-18-14(2)20-22(15(18)3)17-8-6-5-7-9-17/h5-9,16,19H,4,10-13H2,1-3H3. The lowest BCUT2D eigenvalue weighted by atomic mass is 10.1. The fourth-order valence-corrected chi connectivity index (χ4v) is 3.28. The molecular weight excluding hydrogens is 272 g/mol. The van der Waals surface area contributed by atoms with Gasteiger partial charge in [0.2, 0.25) is 0 Å². The first-order chi connectivity index (χ1) is 10.7. The Morgan fingerprint density at radius 3 is 2.68 bits per heavy atom. The zero-order valence-electron chi connectivity index (χ0n) is 13.8. The molecule has 4 heteroatoms. The SMILES string of the molecule is CCN1CCC(NCc2c(C)nn(-c3ccccc3)c2C)C1. The van der Waals surface area contributed by atoms with Crippen LogP contribution in [0.3, 0.4) is 0 Å². The van der Waals surface area contributed by atoms with Crippen LogP contribution in [0.25, 0.3) is 5.69 Å². The monoisotopic (exact) mass is 298 g/mol. The molecule has 0 radical (unpaired) electrons. The third kappa shape index (κ3) is 3.08. The van der Waals surface area contributed by atoms with E-state index >= 15 is 0 Å². The normalized spacial score (nSPS) is 19.0. The molecule has 118 valence electrons. The number of nitrogens with one attached hydrogen (secondary N) is 1. The van der Waals surface area contributed by atoms with E-state index in [2.05, 4.69) is 59.9 Å². The summed E-state index contributed by atoms with van der Waals surface area (Å²) in [6, 6.07) is 11.0. The third-order valence-corrected chi connectivity index (χ3v) is 4.73. The Morgan fingerprint density at radius 1 is 1.23 bits per heavy atom. The second kappa shape index (κ2) is 6.63. The van der Waals surface area contributed by atoms with Crippen LogP contribution in [-0.4, -0.2) is 40.4 Å². The van der Waals surface area contributed by atoms with Crippen LogP contribution in [0.5, 0.6) is 0 Å². The molecule has 1 aromatic carbocycles. The summed E-state index contributed by atoms with van der Waals surface area (Å²) in [5.41, 5.74) is 4.83. The number of aryl methyl sites for hydroxylation is 1. The van der Waals surface area contributed by atoms with Crippen LogP contribution in [0.4, 0.5) is 0 Å². The van der Waals surface area contributed by atoms with Crippen molar-refractivity contribution in [1.29, 1.82) is 0 Å². The molecule has 1 saturated heterocycles. The summed E-state index contributed by atoms with van der Waals surface area (Å²) in [4.78, 5) is 2.50. The molecule has 1 fully saturated rings. The molecule has 1 aliphatic rings. The van der Waals surface area contributed by atoms with E-state index in [4.69, 9.17) is 5.10 Å². The number of likely N-dealkylation sites (tertiary alicyclic amines) is 1. The van der Waals surface area contributed by atoms with Gasteiger partial charge in [-0.05, 0) is 45.5 Å². The maximum Gasteiger partial charge on any atom is 0.0648 e. The number of nitrogens with zero attached hydrogens (tertiary/aromatic N) is 3. The van der Waals surface area contributed by atoms with E-state index in [0.29, 0.717) is 6.04 Å². The van der Waals surface area contributed by atoms with E-state index in [-0.39, 0.29) is 0 Å². The van der Waals surface area contributed by atoms with Gasteiger partial charge in [0.05, 0.1) is 11.4 Å². The van der Waals surface area contributed by atoms with Gasteiger partial charge in [-0.2, -0.15) is 5.10 Å². The Kier molecular flexibility index (Phi) is 4.60. The summed E-state index contributed by atoms with van der Waals surface area (Å²) in [5.74, 6) is 0. The highest BCUT2D eigenvalue weighted by molar-refractivity contribution is 5.36. The van der Waals surface area contributed by atoms with Gasteiger partial charge in [0.1, 0.15) is 0 Å². The van der Waals surface area contributed by atoms with Crippen LogP contribution < -0.4 is 5.32 Å². The quantitative estimate of drug-likeness (QED) is 0.921. The van der Waals surface area contributed by atoms with E-state index < -0.39 is 0 Å². The van der Waals surface area contributed by atoms with Gasteiger partial charge in [-0.3, -0.25) is 0 Å². The number of likely N-dealkylation sites (N-methyl/N-ethyl adjacent to an activating group) is 1. The number of hydrogen-bond donors (Lipinski definition) is 1. The van der Waals surface area contributed by atoms with Crippen LogP contribution >= 0.6 is 0 Å². The Hall–Kier alpha value is -1.65. The van der Waals surface area contributed by atoms with Crippen molar-refractivity contribution in [3.8, 4) is 5.69 Å². The summed E-state index contributed by atoms with van der Waals surface area (Å²) in [7, 11) is 0. The predicted octanol–water partition coefficient (Wildman–Crippen LogP) is 2.67. The maximum atomic E-state index is 4.72. The van der Waals surface area contributed by atoms with Crippen molar-refractivity contribution >= 4 is 0 Å². The number of benzene rings is 1. The molecule has 22 heavy (non-hydrogen) atoms. The molecule has 4 nitrogen and oxygen atoms in total. The molecule has 1 atom stereocenters. The van der Waals surface area contributed by atoms with Crippen molar-refractivity contribution in [2.75, 3.05) is 19.6 Å². The Labute approximate surface area is 133 Å². The lowest BCUT2D eigenvalue weighted by Crippen LogP contribution is -2.32.